The van der Waals surface area contributed by atoms with Gasteiger partial charge >= 0.3 is 0 Å². The van der Waals surface area contributed by atoms with Crippen molar-refractivity contribution in [1.29, 1.82) is 0 Å². The molecular weight excluding hydrogens is 204 g/mol. The zero-order valence-corrected chi connectivity index (χ0v) is 8.35. The summed E-state index contributed by atoms with van der Waals surface area (Å²) < 4.78 is 0. The third-order valence-corrected chi connectivity index (χ3v) is 2.56. The fraction of sp³-hybridized carbons (Fsp3) is 0.625. The first-order valence-corrected chi connectivity index (χ1v) is 4.92. The number of aliphatic hydroxyl groups excluding tert-OH is 1. The van der Waals surface area contributed by atoms with Gasteiger partial charge in [-0.3, -0.25) is 0 Å². The minimum Gasteiger partial charge on any atom is -0.394 e. The van der Waals surface area contributed by atoms with Gasteiger partial charge in [-0.1, -0.05) is 0 Å². The van der Waals surface area contributed by atoms with Crippen molar-refractivity contribution < 1.29 is 5.11 Å². The highest BCUT2D eigenvalue weighted by molar-refractivity contribution is 6.28. The van der Waals surface area contributed by atoms with Gasteiger partial charge in [0.1, 0.15) is 0 Å². The first kappa shape index (κ1) is 9.61. The molecule has 1 N–H and O–H groups in total. The van der Waals surface area contributed by atoms with E-state index >= 15 is 0 Å². The van der Waals surface area contributed by atoms with E-state index in [9.17, 15) is 0 Å². The lowest BCUT2D eigenvalue weighted by Gasteiger charge is -2.23. The van der Waals surface area contributed by atoms with Gasteiger partial charge < -0.3 is 10.0 Å². The standard InChI is InChI=1S/C8H11ClN4O/c9-8-11-7(4-10-12-8)13-3-1-2-6(13)5-14/h4,6,14H,1-3,5H2. The van der Waals surface area contributed by atoms with E-state index in [1.807, 2.05) is 4.90 Å². The van der Waals surface area contributed by atoms with Crippen LogP contribution < -0.4 is 4.90 Å². The second kappa shape index (κ2) is 4.06. The van der Waals surface area contributed by atoms with E-state index < -0.39 is 0 Å². The van der Waals surface area contributed by atoms with E-state index in [4.69, 9.17) is 16.7 Å². The predicted molar refractivity (Wildman–Crippen MR) is 52.3 cm³/mol. The van der Waals surface area contributed by atoms with Gasteiger partial charge in [0, 0.05) is 6.54 Å². The summed E-state index contributed by atoms with van der Waals surface area (Å²) >= 11 is 5.64. The van der Waals surface area contributed by atoms with Crippen molar-refractivity contribution in [2.24, 2.45) is 0 Å². The molecule has 0 saturated carbocycles. The number of hydrogen-bond donors (Lipinski definition) is 1. The Hall–Kier alpha value is -0.940. The molecule has 1 unspecified atom stereocenters. The average Bonchev–Trinajstić information content (AvgIpc) is 2.65. The molecule has 1 aromatic heterocycles. The Morgan fingerprint density at radius 3 is 3.21 bits per heavy atom. The molecule has 2 heterocycles. The Balaban J connectivity index is 2.21. The molecule has 0 aromatic carbocycles. The molecule has 0 aliphatic carbocycles. The van der Waals surface area contributed by atoms with Gasteiger partial charge in [-0.15, -0.1) is 5.10 Å². The Morgan fingerprint density at radius 2 is 2.50 bits per heavy atom. The number of aromatic nitrogens is 3. The van der Waals surface area contributed by atoms with Crippen LogP contribution in [0.15, 0.2) is 6.20 Å². The van der Waals surface area contributed by atoms with Crippen LogP contribution >= 0.6 is 11.6 Å². The molecule has 1 aliphatic rings. The van der Waals surface area contributed by atoms with E-state index in [2.05, 4.69) is 15.2 Å². The van der Waals surface area contributed by atoms with Gasteiger partial charge in [-0.05, 0) is 24.4 Å². The summed E-state index contributed by atoms with van der Waals surface area (Å²) in [4.78, 5) is 6.07. The summed E-state index contributed by atoms with van der Waals surface area (Å²) in [5.41, 5.74) is 0. The normalized spacial score (nSPS) is 21.6. The van der Waals surface area contributed by atoms with Gasteiger partial charge in [-0.25, -0.2) is 0 Å². The fourth-order valence-electron chi connectivity index (χ4n) is 1.74. The van der Waals surface area contributed by atoms with Crippen LogP contribution in [0.2, 0.25) is 5.28 Å². The Labute approximate surface area is 86.7 Å². The zero-order chi connectivity index (χ0) is 9.97. The predicted octanol–water partition coefficient (Wildman–Crippen LogP) is 0.486. The maximum atomic E-state index is 9.13. The quantitative estimate of drug-likeness (QED) is 0.776. The van der Waals surface area contributed by atoms with Crippen LogP contribution in [-0.2, 0) is 0 Å². The minimum atomic E-state index is 0.140. The van der Waals surface area contributed by atoms with E-state index in [0.29, 0.717) is 5.82 Å². The van der Waals surface area contributed by atoms with Crippen molar-refractivity contribution in [3.05, 3.63) is 11.5 Å². The number of nitrogens with zero attached hydrogens (tertiary/aromatic N) is 4. The highest BCUT2D eigenvalue weighted by atomic mass is 35.5. The van der Waals surface area contributed by atoms with Crippen molar-refractivity contribution >= 4 is 17.4 Å². The number of aliphatic hydroxyl groups is 1. The SMILES string of the molecule is OCC1CCCN1c1cnnc(Cl)n1. The monoisotopic (exact) mass is 214 g/mol. The summed E-state index contributed by atoms with van der Waals surface area (Å²) in [6.45, 7) is 1.03. The molecule has 0 bridgehead atoms. The van der Waals surface area contributed by atoms with E-state index in [1.54, 1.807) is 6.20 Å². The topological polar surface area (TPSA) is 62.1 Å². The maximum absolute atomic E-state index is 9.13. The van der Waals surface area contributed by atoms with Gasteiger partial charge in [-0.2, -0.15) is 10.1 Å². The summed E-state index contributed by atoms with van der Waals surface area (Å²) in [6.07, 6.45) is 3.62. The van der Waals surface area contributed by atoms with Crippen LogP contribution in [-0.4, -0.2) is 39.5 Å². The Bertz CT molecular complexity index is 322. The third-order valence-electron chi connectivity index (χ3n) is 2.40. The van der Waals surface area contributed by atoms with Crippen molar-refractivity contribution in [3.63, 3.8) is 0 Å². The smallest absolute Gasteiger partial charge is 0.244 e. The molecule has 1 aromatic rings. The minimum absolute atomic E-state index is 0.140. The lowest BCUT2D eigenvalue weighted by molar-refractivity contribution is 0.266. The summed E-state index contributed by atoms with van der Waals surface area (Å²) in [6, 6.07) is 0.141. The maximum Gasteiger partial charge on any atom is 0.244 e. The number of halogens is 1. The largest absolute Gasteiger partial charge is 0.394 e. The van der Waals surface area contributed by atoms with Crippen molar-refractivity contribution in [3.8, 4) is 0 Å². The molecule has 6 heteroatoms. The van der Waals surface area contributed by atoms with Crippen LogP contribution in [0.1, 0.15) is 12.8 Å². The van der Waals surface area contributed by atoms with Gasteiger partial charge in [0.2, 0.25) is 5.28 Å². The number of anilines is 1. The van der Waals surface area contributed by atoms with Crippen LogP contribution in [0.5, 0.6) is 0 Å². The molecule has 14 heavy (non-hydrogen) atoms. The summed E-state index contributed by atoms with van der Waals surface area (Å²) in [5.74, 6) is 0.696. The van der Waals surface area contributed by atoms with E-state index in [-0.39, 0.29) is 17.9 Å². The van der Waals surface area contributed by atoms with Crippen LogP contribution in [0.4, 0.5) is 5.82 Å². The highest BCUT2D eigenvalue weighted by Crippen LogP contribution is 2.22. The molecule has 1 fully saturated rings. The lowest BCUT2D eigenvalue weighted by Crippen LogP contribution is -2.32. The van der Waals surface area contributed by atoms with Gasteiger partial charge in [0.15, 0.2) is 5.82 Å². The molecular formula is C8H11ClN4O. The second-order valence-electron chi connectivity index (χ2n) is 3.26. The molecule has 76 valence electrons. The summed E-state index contributed by atoms with van der Waals surface area (Å²) in [5, 5.41) is 16.6. The van der Waals surface area contributed by atoms with Crippen LogP contribution in [0, 0.1) is 0 Å². The van der Waals surface area contributed by atoms with Crippen LogP contribution in [0.3, 0.4) is 0 Å². The highest BCUT2D eigenvalue weighted by Gasteiger charge is 2.25. The van der Waals surface area contributed by atoms with Crippen molar-refractivity contribution in [2.45, 2.75) is 18.9 Å². The molecule has 0 amide bonds. The number of hydrogen-bond acceptors (Lipinski definition) is 5. The fourth-order valence-corrected chi connectivity index (χ4v) is 1.87. The van der Waals surface area contributed by atoms with E-state index in [1.165, 1.54) is 0 Å². The number of rotatable bonds is 2. The van der Waals surface area contributed by atoms with Crippen LogP contribution in [0.25, 0.3) is 0 Å². The van der Waals surface area contributed by atoms with Crippen molar-refractivity contribution in [2.75, 3.05) is 18.1 Å². The third kappa shape index (κ3) is 1.78. The van der Waals surface area contributed by atoms with Gasteiger partial charge in [0.05, 0.1) is 18.8 Å². The molecule has 2 rings (SSSR count). The van der Waals surface area contributed by atoms with E-state index in [0.717, 1.165) is 19.4 Å². The molecule has 1 atom stereocenters. The molecule has 5 nitrogen and oxygen atoms in total. The first-order valence-electron chi connectivity index (χ1n) is 4.54. The Morgan fingerprint density at radius 1 is 1.64 bits per heavy atom. The second-order valence-corrected chi connectivity index (χ2v) is 3.59. The average molecular weight is 215 g/mol. The zero-order valence-electron chi connectivity index (χ0n) is 7.60. The first-order chi connectivity index (χ1) is 6.81. The summed E-state index contributed by atoms with van der Waals surface area (Å²) in [7, 11) is 0. The molecule has 1 aliphatic heterocycles. The molecule has 0 radical (unpaired) electrons. The lowest BCUT2D eigenvalue weighted by atomic mass is 10.2. The van der Waals surface area contributed by atoms with Gasteiger partial charge in [0.25, 0.3) is 0 Å². The van der Waals surface area contributed by atoms with Crippen molar-refractivity contribution in [1.82, 2.24) is 15.2 Å². The molecule has 1 saturated heterocycles. The Kier molecular flexibility index (Phi) is 2.79. The molecule has 0 spiro atoms.